The molecule has 3 heterocycles. The minimum Gasteiger partial charge on any atom is -0.456 e. The fourth-order valence-electron chi connectivity index (χ4n) is 10.6. The van der Waals surface area contributed by atoms with Gasteiger partial charge in [0.25, 0.3) is 11.7 Å². The number of piperidine rings is 1. The van der Waals surface area contributed by atoms with Crippen molar-refractivity contribution in [1.82, 2.24) is 4.90 Å². The third-order valence-corrected chi connectivity index (χ3v) is 14.5. The maximum atomic E-state index is 14.5. The zero-order chi connectivity index (χ0) is 47.6. The van der Waals surface area contributed by atoms with Crippen LogP contribution in [0.15, 0.2) is 53.6 Å². The number of fused-ring (bicyclic) bond motifs is 3. The summed E-state index contributed by atoms with van der Waals surface area (Å²) in [6, 6.07) is 8.20. The minimum absolute atomic E-state index is 0.0171. The van der Waals surface area contributed by atoms with E-state index >= 15 is 0 Å². The predicted octanol–water partition coefficient (Wildman–Crippen LogP) is 6.23. The van der Waals surface area contributed by atoms with Crippen molar-refractivity contribution in [3.63, 3.8) is 0 Å². The van der Waals surface area contributed by atoms with Gasteiger partial charge in [0.1, 0.15) is 30.1 Å². The number of hydrogen-bond donors (Lipinski definition) is 3. The molecule has 0 aromatic heterocycles. The van der Waals surface area contributed by atoms with Crippen LogP contribution in [-0.4, -0.2) is 133 Å². The van der Waals surface area contributed by atoms with Gasteiger partial charge in [0.2, 0.25) is 5.79 Å². The van der Waals surface area contributed by atoms with Crippen molar-refractivity contribution in [3.05, 3.63) is 59.2 Å². The van der Waals surface area contributed by atoms with Crippen LogP contribution >= 0.6 is 0 Å². The minimum atomic E-state index is -2.52. The van der Waals surface area contributed by atoms with Crippen LogP contribution in [0.25, 0.3) is 0 Å². The van der Waals surface area contributed by atoms with E-state index in [2.05, 4.69) is 6.92 Å². The first-order valence-electron chi connectivity index (χ1n) is 23.9. The average molecular weight is 912 g/mol. The average Bonchev–Trinajstić information content (AvgIpc) is 3.30. The number of rotatable bonds is 10. The Kier molecular flexibility index (Phi) is 19.5. The predicted molar refractivity (Wildman–Crippen MR) is 243 cm³/mol. The van der Waals surface area contributed by atoms with Gasteiger partial charge >= 0.3 is 5.97 Å². The van der Waals surface area contributed by atoms with Gasteiger partial charge in [0.15, 0.2) is 0 Å². The summed E-state index contributed by atoms with van der Waals surface area (Å²) in [5.74, 6) is -7.61. The van der Waals surface area contributed by atoms with E-state index in [0.29, 0.717) is 50.5 Å². The highest BCUT2D eigenvalue weighted by atomic mass is 16.7. The number of ether oxygens (including phenoxy) is 6. The molecule has 1 aromatic rings. The fourth-order valence-corrected chi connectivity index (χ4v) is 10.6. The molecule has 0 spiro atoms. The number of methoxy groups -OCH3 is 3. The van der Waals surface area contributed by atoms with Crippen molar-refractivity contribution in [2.24, 2.45) is 29.6 Å². The molecule has 1 aromatic carbocycles. The molecular weight excluding hydrogens is 835 g/mol. The molecule has 1 saturated carbocycles. The summed E-state index contributed by atoms with van der Waals surface area (Å²) >= 11 is 0. The molecule has 2 bridgehead atoms. The lowest BCUT2D eigenvalue weighted by molar-refractivity contribution is -0.302. The quantitative estimate of drug-likeness (QED) is 0.136. The first-order chi connectivity index (χ1) is 30.9. The molecule has 3 fully saturated rings. The van der Waals surface area contributed by atoms with Crippen molar-refractivity contribution >= 4 is 23.4 Å². The van der Waals surface area contributed by atoms with Gasteiger partial charge in [-0.1, -0.05) is 75.8 Å². The molecule has 1 unspecified atom stereocenters. The number of Topliss-reactive ketones (excluding diaryl/α,β-unsaturated/α-hetero) is 2. The molecule has 1 aliphatic carbocycles. The number of benzene rings is 1. The van der Waals surface area contributed by atoms with E-state index in [9.17, 15) is 34.5 Å². The van der Waals surface area contributed by atoms with Crippen LogP contribution in [-0.2, 0) is 47.6 Å². The molecule has 2 saturated heterocycles. The van der Waals surface area contributed by atoms with Crippen LogP contribution in [0, 0.1) is 29.6 Å². The van der Waals surface area contributed by atoms with Crippen LogP contribution in [0.3, 0.4) is 0 Å². The Labute approximate surface area is 386 Å². The number of aliphatic hydroxyl groups excluding tert-OH is 2. The lowest BCUT2D eigenvalue weighted by atomic mass is 9.81. The Bertz CT molecular complexity index is 1800. The Balaban J connectivity index is 1.45. The highest BCUT2D eigenvalue weighted by molar-refractivity contribution is 6.39. The summed E-state index contributed by atoms with van der Waals surface area (Å²) in [4.78, 5) is 58.3. The van der Waals surface area contributed by atoms with Gasteiger partial charge in [-0.15, -0.1) is 0 Å². The van der Waals surface area contributed by atoms with Crippen LogP contribution in [0.1, 0.15) is 124 Å². The number of nitrogens with zero attached hydrogens (tertiary/aromatic N) is 1. The second-order valence-corrected chi connectivity index (χ2v) is 19.4. The van der Waals surface area contributed by atoms with Gasteiger partial charge in [0, 0.05) is 52.0 Å². The Morgan fingerprint density at radius 2 is 1.58 bits per heavy atom. The number of carbonyl (C=O) groups is 4. The largest absolute Gasteiger partial charge is 0.456 e. The van der Waals surface area contributed by atoms with E-state index in [1.54, 1.807) is 21.0 Å². The summed E-state index contributed by atoms with van der Waals surface area (Å²) in [7, 11) is 4.70. The zero-order valence-electron chi connectivity index (χ0n) is 40.2. The van der Waals surface area contributed by atoms with Gasteiger partial charge in [-0.3, -0.25) is 14.4 Å². The van der Waals surface area contributed by atoms with Gasteiger partial charge < -0.3 is 48.6 Å². The van der Waals surface area contributed by atoms with Crippen LogP contribution in [0.2, 0.25) is 0 Å². The molecule has 14 nitrogen and oxygen atoms in total. The smallest absolute Gasteiger partial charge is 0.329 e. The molecule has 65 heavy (non-hydrogen) atoms. The number of esters is 1. The van der Waals surface area contributed by atoms with E-state index in [-0.39, 0.29) is 62.2 Å². The summed E-state index contributed by atoms with van der Waals surface area (Å²) < 4.78 is 36.5. The van der Waals surface area contributed by atoms with Crippen molar-refractivity contribution in [1.29, 1.82) is 0 Å². The molecular formula is C51H77NO13. The second-order valence-electron chi connectivity index (χ2n) is 19.4. The van der Waals surface area contributed by atoms with E-state index in [1.807, 2.05) is 63.3 Å². The number of aliphatic hydroxyl groups is 3. The van der Waals surface area contributed by atoms with Gasteiger partial charge in [-0.05, 0) is 101 Å². The van der Waals surface area contributed by atoms with Crippen LogP contribution in [0.4, 0.5) is 0 Å². The van der Waals surface area contributed by atoms with Gasteiger partial charge in [-0.2, -0.15) is 0 Å². The van der Waals surface area contributed by atoms with E-state index in [0.717, 1.165) is 17.6 Å². The summed E-state index contributed by atoms with van der Waals surface area (Å²) in [5.41, 5.74) is 2.43. The number of carbonyl (C=O) groups excluding carboxylic acids is 4. The fraction of sp³-hybridized carbons (Fsp3) is 0.725. The molecule has 364 valence electrons. The van der Waals surface area contributed by atoms with Gasteiger partial charge in [-0.25, -0.2) is 4.79 Å². The Morgan fingerprint density at radius 3 is 2.25 bits per heavy atom. The molecule has 15 atom stereocenters. The molecule has 0 radical (unpaired) electrons. The van der Waals surface area contributed by atoms with Crippen molar-refractivity contribution in [2.75, 3.05) is 34.5 Å². The zero-order valence-corrected chi connectivity index (χ0v) is 40.2. The second kappa shape index (κ2) is 24.1. The van der Waals surface area contributed by atoms with E-state index < -0.39 is 83.9 Å². The lowest BCUT2D eigenvalue weighted by Gasteiger charge is -2.47. The maximum Gasteiger partial charge on any atom is 0.329 e. The van der Waals surface area contributed by atoms with E-state index in [1.165, 1.54) is 19.1 Å². The highest BCUT2D eigenvalue weighted by Crippen LogP contribution is 2.39. The van der Waals surface area contributed by atoms with Crippen molar-refractivity contribution in [2.45, 2.75) is 173 Å². The molecule has 3 aliphatic heterocycles. The summed E-state index contributed by atoms with van der Waals surface area (Å²) in [6.45, 7) is 11.4. The summed E-state index contributed by atoms with van der Waals surface area (Å²) in [5, 5.41) is 34.7. The number of ketones is 2. The van der Waals surface area contributed by atoms with Crippen LogP contribution < -0.4 is 0 Å². The number of amides is 1. The lowest BCUT2D eigenvalue weighted by Crippen LogP contribution is -2.64. The number of cyclic esters (lactones) is 1. The van der Waals surface area contributed by atoms with E-state index in [4.69, 9.17) is 28.4 Å². The highest BCUT2D eigenvalue weighted by Gasteiger charge is 2.56. The Morgan fingerprint density at radius 1 is 0.908 bits per heavy atom. The standard InChI is InChI=1S/C51H77NO13/c1-10-36-23-30(2)22-31(3)24-44(61-8)47-45(62-9)26-33(5)51(59,65-47)48(56)49(57)52-21-15-14-18-38(52)50(58)64-46(34(6)39(53)28-40(36)54)32(4)25-35-19-20-42(43(27-35)60-7)63-29-41(55)37-16-12-11-13-17-37/h11-13,16-17,23,25,31,33-36,38-39,41-47,53,55,59H,10,14-15,18-22,24,26-29H2,1-9H3/b30-23+,32-25+/t31-,33+,34+,35-,36+,38-,39-,41?,42+,43+,44-,45-,46+,47+,51+/m0/s1. The molecule has 4 aliphatic rings. The van der Waals surface area contributed by atoms with Gasteiger partial charge in [0.05, 0.1) is 37.1 Å². The molecule has 5 rings (SSSR count). The Hall–Kier alpha value is -3.34. The monoisotopic (exact) mass is 912 g/mol. The molecule has 14 heteroatoms. The SMILES string of the molecule is CC[C@@H]1/C=C(\C)C[C@H](C)C[C@H](OC)[C@H]2O[C@@](O)(C(=O)C(=O)N3CCCC[C@H]3C(=O)O[C@H](/C(C)=C/[C@@H]3CC[C@@H](OCC(O)c4ccccc4)[C@H](OC)C3)[C@H](C)[C@@H](O)CC1=O)[C@H](C)C[C@@H]2OC. The first-order valence-corrected chi connectivity index (χ1v) is 23.9. The van der Waals surface area contributed by atoms with Crippen molar-refractivity contribution in [3.8, 4) is 0 Å². The number of allylic oxidation sites excluding steroid dienone is 3. The molecule has 3 N–H and O–H groups in total. The molecule has 1 amide bonds. The normalized spacial score (nSPS) is 37.9. The first kappa shape index (κ1) is 52.6. The third-order valence-electron chi connectivity index (χ3n) is 14.5. The third kappa shape index (κ3) is 13.0. The van der Waals surface area contributed by atoms with Crippen molar-refractivity contribution < 1.29 is 62.9 Å². The number of hydrogen-bond acceptors (Lipinski definition) is 13. The summed E-state index contributed by atoms with van der Waals surface area (Å²) in [6.07, 6.45) is 3.42. The maximum absolute atomic E-state index is 14.5. The van der Waals surface area contributed by atoms with Crippen LogP contribution in [0.5, 0.6) is 0 Å². The topological polar surface area (TPSA) is 188 Å².